The van der Waals surface area contributed by atoms with Crippen LogP contribution in [0.25, 0.3) is 0 Å². The summed E-state index contributed by atoms with van der Waals surface area (Å²) in [7, 11) is 0. The number of aromatic nitrogens is 1. The molecule has 1 aliphatic heterocycles. The molecule has 1 aromatic rings. The maximum Gasteiger partial charge on any atom is 0.319 e. The van der Waals surface area contributed by atoms with Gasteiger partial charge in [0, 0.05) is 29.8 Å². The summed E-state index contributed by atoms with van der Waals surface area (Å²) in [5.74, 6) is 0.445. The molecule has 0 aliphatic carbocycles. The van der Waals surface area contributed by atoms with Gasteiger partial charge in [0.25, 0.3) is 5.91 Å². The van der Waals surface area contributed by atoms with E-state index in [-0.39, 0.29) is 21.4 Å². The van der Waals surface area contributed by atoms with E-state index in [1.807, 2.05) is 13.8 Å². The molecule has 2 heterocycles. The molecular formula is C12H14ClN3O3S. The number of halogens is 1. The first-order valence-corrected chi connectivity index (χ1v) is 7.40. The predicted molar refractivity (Wildman–Crippen MR) is 78.3 cm³/mol. The lowest BCUT2D eigenvalue weighted by atomic mass is 10.1. The van der Waals surface area contributed by atoms with Crippen molar-refractivity contribution in [3.8, 4) is 0 Å². The Balaban J connectivity index is 2.34. The van der Waals surface area contributed by atoms with Gasteiger partial charge in [-0.1, -0.05) is 11.6 Å². The first kappa shape index (κ1) is 15.1. The normalized spacial score (nSPS) is 17.9. The van der Waals surface area contributed by atoms with E-state index >= 15 is 0 Å². The molecule has 2 rings (SSSR count). The molecule has 1 fully saturated rings. The van der Waals surface area contributed by atoms with Gasteiger partial charge in [0.15, 0.2) is 0 Å². The van der Waals surface area contributed by atoms with E-state index in [1.165, 1.54) is 12.3 Å². The summed E-state index contributed by atoms with van der Waals surface area (Å²) < 4.78 is -0.0560. The summed E-state index contributed by atoms with van der Waals surface area (Å²) in [5, 5.41) is 10.8. The zero-order valence-corrected chi connectivity index (χ0v) is 12.7. The van der Waals surface area contributed by atoms with Gasteiger partial charge in [0.2, 0.25) is 5.15 Å². The minimum absolute atomic E-state index is 0.00213. The van der Waals surface area contributed by atoms with Crippen LogP contribution in [0.15, 0.2) is 12.3 Å². The Morgan fingerprint density at radius 3 is 2.90 bits per heavy atom. The summed E-state index contributed by atoms with van der Waals surface area (Å²) >= 11 is 7.52. The highest BCUT2D eigenvalue weighted by molar-refractivity contribution is 8.00. The number of nitrogens with zero attached hydrogens (tertiary/aromatic N) is 3. The third-order valence-corrected chi connectivity index (χ3v) is 4.58. The largest absolute Gasteiger partial charge is 0.336 e. The third-order valence-electron chi connectivity index (χ3n) is 3.01. The van der Waals surface area contributed by atoms with Crippen LogP contribution in [0.3, 0.4) is 0 Å². The van der Waals surface area contributed by atoms with Gasteiger partial charge in [0.1, 0.15) is 5.56 Å². The van der Waals surface area contributed by atoms with Crippen molar-refractivity contribution in [2.45, 2.75) is 18.6 Å². The Labute approximate surface area is 125 Å². The first-order valence-electron chi connectivity index (χ1n) is 6.04. The van der Waals surface area contributed by atoms with Gasteiger partial charge in [-0.15, -0.1) is 0 Å². The van der Waals surface area contributed by atoms with Crippen molar-refractivity contribution >= 4 is 35.0 Å². The monoisotopic (exact) mass is 315 g/mol. The van der Waals surface area contributed by atoms with Crippen LogP contribution < -0.4 is 0 Å². The van der Waals surface area contributed by atoms with Gasteiger partial charge in [-0.2, -0.15) is 11.8 Å². The van der Waals surface area contributed by atoms with Gasteiger partial charge < -0.3 is 4.90 Å². The molecule has 8 heteroatoms. The lowest BCUT2D eigenvalue weighted by Crippen LogP contribution is -2.46. The Morgan fingerprint density at radius 2 is 2.30 bits per heavy atom. The number of hydrogen-bond donors (Lipinski definition) is 0. The van der Waals surface area contributed by atoms with Crippen LogP contribution >= 0.6 is 23.4 Å². The molecule has 1 aliphatic rings. The lowest BCUT2D eigenvalue weighted by Gasteiger charge is -2.37. The van der Waals surface area contributed by atoms with Crippen molar-refractivity contribution in [2.24, 2.45) is 0 Å². The zero-order chi connectivity index (χ0) is 14.9. The Morgan fingerprint density at radius 1 is 1.60 bits per heavy atom. The van der Waals surface area contributed by atoms with Crippen molar-refractivity contribution in [2.75, 3.05) is 18.8 Å². The van der Waals surface area contributed by atoms with Crippen molar-refractivity contribution < 1.29 is 9.72 Å². The number of rotatable bonds is 2. The smallest absolute Gasteiger partial charge is 0.319 e. The van der Waals surface area contributed by atoms with Gasteiger partial charge in [-0.05, 0) is 19.9 Å². The fourth-order valence-corrected chi connectivity index (χ4v) is 3.47. The molecular weight excluding hydrogens is 302 g/mol. The molecule has 6 nitrogen and oxygen atoms in total. The quantitative estimate of drug-likeness (QED) is 0.476. The van der Waals surface area contributed by atoms with Gasteiger partial charge in [-0.3, -0.25) is 14.9 Å². The van der Waals surface area contributed by atoms with E-state index in [4.69, 9.17) is 11.6 Å². The number of nitro groups is 1. The fourth-order valence-electron chi connectivity index (χ4n) is 2.13. The van der Waals surface area contributed by atoms with Crippen molar-refractivity contribution in [1.29, 1.82) is 0 Å². The number of pyridine rings is 1. The molecule has 0 N–H and O–H groups in total. The standard InChI is InChI=1S/C12H14ClN3O3S/c1-12(2)7-15(5-6-20-12)11(17)8-3-4-14-10(13)9(8)16(18)19/h3-4H,5-7H2,1-2H3. The number of amides is 1. The Bertz CT molecular complexity index is 565. The maximum atomic E-state index is 12.5. The number of thioether (sulfide) groups is 1. The first-order chi connectivity index (χ1) is 9.32. The van der Waals surface area contributed by atoms with Crippen LogP contribution in [-0.2, 0) is 0 Å². The minimum Gasteiger partial charge on any atom is -0.336 e. The van der Waals surface area contributed by atoms with Crippen LogP contribution in [0, 0.1) is 10.1 Å². The highest BCUT2D eigenvalue weighted by Gasteiger charge is 2.33. The summed E-state index contributed by atoms with van der Waals surface area (Å²) in [5.41, 5.74) is -0.423. The molecule has 0 spiro atoms. The van der Waals surface area contributed by atoms with Gasteiger partial charge in [-0.25, -0.2) is 4.98 Å². The number of hydrogen-bond acceptors (Lipinski definition) is 5. The summed E-state index contributed by atoms with van der Waals surface area (Å²) in [4.78, 5) is 28.2. The van der Waals surface area contributed by atoms with E-state index in [2.05, 4.69) is 4.98 Å². The van der Waals surface area contributed by atoms with Gasteiger partial charge in [0.05, 0.1) is 4.92 Å². The molecule has 1 saturated heterocycles. The molecule has 0 bridgehead atoms. The minimum atomic E-state index is -0.660. The van der Waals surface area contributed by atoms with E-state index in [1.54, 1.807) is 16.7 Å². The van der Waals surface area contributed by atoms with Crippen molar-refractivity contribution in [3.05, 3.63) is 33.1 Å². The number of carbonyl (C=O) groups is 1. The molecule has 0 aromatic carbocycles. The van der Waals surface area contributed by atoms with E-state index < -0.39 is 10.6 Å². The molecule has 0 radical (unpaired) electrons. The molecule has 0 atom stereocenters. The number of carbonyl (C=O) groups excluding carboxylic acids is 1. The van der Waals surface area contributed by atoms with Crippen molar-refractivity contribution in [3.63, 3.8) is 0 Å². The van der Waals surface area contributed by atoms with Gasteiger partial charge >= 0.3 is 5.69 Å². The summed E-state index contributed by atoms with van der Waals surface area (Å²) in [6, 6.07) is 1.35. The van der Waals surface area contributed by atoms with Crippen LogP contribution in [0.1, 0.15) is 24.2 Å². The summed E-state index contributed by atoms with van der Waals surface area (Å²) in [6.07, 6.45) is 1.31. The van der Waals surface area contributed by atoms with E-state index in [0.717, 1.165) is 5.75 Å². The topological polar surface area (TPSA) is 76.3 Å². The molecule has 1 amide bonds. The van der Waals surface area contributed by atoms with Crippen LogP contribution in [0.5, 0.6) is 0 Å². The fraction of sp³-hybridized carbons (Fsp3) is 0.500. The Hall–Kier alpha value is -1.34. The lowest BCUT2D eigenvalue weighted by molar-refractivity contribution is -0.385. The molecule has 0 saturated carbocycles. The highest BCUT2D eigenvalue weighted by Crippen LogP contribution is 2.32. The van der Waals surface area contributed by atoms with Crippen molar-refractivity contribution in [1.82, 2.24) is 9.88 Å². The second kappa shape index (κ2) is 5.57. The summed E-state index contributed by atoms with van der Waals surface area (Å²) in [6.45, 7) is 5.22. The van der Waals surface area contributed by atoms with Crippen LogP contribution in [0.4, 0.5) is 5.69 Å². The Kier molecular flexibility index (Phi) is 4.19. The third kappa shape index (κ3) is 3.04. The van der Waals surface area contributed by atoms with E-state index in [0.29, 0.717) is 13.1 Å². The highest BCUT2D eigenvalue weighted by atomic mass is 35.5. The molecule has 0 unspecified atom stereocenters. The van der Waals surface area contributed by atoms with E-state index in [9.17, 15) is 14.9 Å². The maximum absolute atomic E-state index is 12.5. The molecule has 108 valence electrons. The second-order valence-corrected chi connectivity index (χ2v) is 7.25. The second-order valence-electron chi connectivity index (χ2n) is 5.09. The average molecular weight is 316 g/mol. The predicted octanol–water partition coefficient (Wildman–Crippen LogP) is 2.61. The average Bonchev–Trinajstić information content (AvgIpc) is 2.35. The van der Waals surface area contributed by atoms with Crippen LogP contribution in [-0.4, -0.2) is 44.3 Å². The molecule has 1 aromatic heterocycles. The zero-order valence-electron chi connectivity index (χ0n) is 11.1. The molecule has 20 heavy (non-hydrogen) atoms. The SMILES string of the molecule is CC1(C)CN(C(=O)c2ccnc(Cl)c2[N+](=O)[O-])CCS1. The van der Waals surface area contributed by atoms with Crippen LogP contribution in [0.2, 0.25) is 5.15 Å².